The van der Waals surface area contributed by atoms with E-state index in [-0.39, 0.29) is 55.9 Å². The van der Waals surface area contributed by atoms with Crippen LogP contribution < -0.4 is 30.2 Å². The van der Waals surface area contributed by atoms with Crippen molar-refractivity contribution in [3.8, 4) is 17.2 Å². The summed E-state index contributed by atoms with van der Waals surface area (Å²) in [5.74, 6) is 1.90. The molecule has 0 radical (unpaired) electrons. The molecule has 1 saturated carbocycles. The minimum atomic E-state index is -0.546. The summed E-state index contributed by atoms with van der Waals surface area (Å²) < 4.78 is 23.0. The molecule has 3 heterocycles. The Bertz CT molecular complexity index is 1200. The van der Waals surface area contributed by atoms with Crippen LogP contribution in [-0.4, -0.2) is 54.8 Å². The lowest BCUT2D eigenvalue weighted by Gasteiger charge is -2.37. The summed E-state index contributed by atoms with van der Waals surface area (Å²) in [7, 11) is 0. The molecule has 6 rings (SSSR count). The summed E-state index contributed by atoms with van der Waals surface area (Å²) in [4.78, 5) is 25.3. The van der Waals surface area contributed by atoms with Crippen LogP contribution in [0.1, 0.15) is 55.6 Å². The van der Waals surface area contributed by atoms with Gasteiger partial charge in [0.25, 0.3) is 0 Å². The molecule has 202 valence electrons. The third kappa shape index (κ3) is 5.23. The van der Waals surface area contributed by atoms with Gasteiger partial charge in [0.2, 0.25) is 12.7 Å². The molecule has 2 aromatic rings. The number of aliphatic hydroxyl groups excluding tert-OH is 1. The zero-order valence-corrected chi connectivity index (χ0v) is 21.1. The third-order valence-electron chi connectivity index (χ3n) is 7.79. The molecule has 4 atom stereocenters. The molecule has 1 saturated heterocycles. The first kappa shape index (κ1) is 24.8. The number of rotatable bonds is 7. The Labute approximate surface area is 221 Å². The highest BCUT2D eigenvalue weighted by molar-refractivity contribution is 5.89. The Balaban J connectivity index is 1.08. The van der Waals surface area contributed by atoms with Crippen molar-refractivity contribution < 1.29 is 33.6 Å². The van der Waals surface area contributed by atoms with E-state index in [0.717, 1.165) is 42.6 Å². The first-order valence-corrected chi connectivity index (χ1v) is 13.4. The van der Waals surface area contributed by atoms with Crippen LogP contribution >= 0.6 is 0 Å². The number of hydrogen-bond donors (Lipinski definition) is 4. The summed E-state index contributed by atoms with van der Waals surface area (Å²) in [5, 5.41) is 18.9. The zero-order chi connectivity index (χ0) is 26.1. The minimum absolute atomic E-state index is 0.0535. The molecule has 38 heavy (non-hydrogen) atoms. The van der Waals surface area contributed by atoms with E-state index in [0.29, 0.717) is 30.2 Å². The average molecular weight is 524 g/mol. The van der Waals surface area contributed by atoms with Crippen LogP contribution in [0.3, 0.4) is 0 Å². The lowest BCUT2D eigenvalue weighted by Crippen LogP contribution is -2.47. The molecule has 0 bridgehead atoms. The number of benzene rings is 2. The number of urea groups is 1. The average Bonchev–Trinajstić information content (AvgIpc) is 3.67. The van der Waals surface area contributed by atoms with E-state index < -0.39 is 6.10 Å². The predicted octanol–water partition coefficient (Wildman–Crippen LogP) is 3.18. The van der Waals surface area contributed by atoms with Crippen molar-refractivity contribution in [2.45, 2.75) is 75.3 Å². The molecule has 4 aliphatic rings. The third-order valence-corrected chi connectivity index (χ3v) is 7.79. The van der Waals surface area contributed by atoms with Gasteiger partial charge in [0, 0.05) is 29.8 Å². The highest BCUT2D eigenvalue weighted by atomic mass is 16.7. The molecule has 4 N–H and O–H groups in total. The van der Waals surface area contributed by atoms with Crippen molar-refractivity contribution >= 4 is 17.6 Å². The van der Waals surface area contributed by atoms with Gasteiger partial charge in [-0.2, -0.15) is 0 Å². The number of anilines is 1. The molecule has 3 aliphatic heterocycles. The molecule has 10 heteroatoms. The lowest BCUT2D eigenvalue weighted by atomic mass is 9.84. The molecule has 3 amide bonds. The largest absolute Gasteiger partial charge is 0.487 e. The monoisotopic (exact) mass is 523 g/mol. The van der Waals surface area contributed by atoms with Gasteiger partial charge in [-0.05, 0) is 55.2 Å². The van der Waals surface area contributed by atoms with Crippen molar-refractivity contribution in [2.24, 2.45) is 0 Å². The van der Waals surface area contributed by atoms with E-state index in [1.54, 1.807) is 0 Å². The summed E-state index contributed by atoms with van der Waals surface area (Å²) in [6.07, 6.45) is 3.81. The molecular weight excluding hydrogens is 490 g/mol. The van der Waals surface area contributed by atoms with E-state index in [1.165, 1.54) is 0 Å². The maximum Gasteiger partial charge on any atom is 0.319 e. The summed E-state index contributed by atoms with van der Waals surface area (Å²) in [6, 6.07) is 11.2. The molecular formula is C28H33N3O7. The number of nitrogens with one attached hydrogen (secondary N) is 3. The first-order chi connectivity index (χ1) is 18.6. The van der Waals surface area contributed by atoms with E-state index in [4.69, 9.17) is 18.9 Å². The molecule has 10 nitrogen and oxygen atoms in total. The second kappa shape index (κ2) is 10.7. The molecule has 0 unspecified atom stereocenters. The second-order valence-electron chi connectivity index (χ2n) is 10.4. The smallest absolute Gasteiger partial charge is 0.319 e. The predicted molar refractivity (Wildman–Crippen MR) is 137 cm³/mol. The van der Waals surface area contributed by atoms with Crippen molar-refractivity contribution in [2.75, 3.05) is 18.7 Å². The minimum Gasteiger partial charge on any atom is -0.487 e. The zero-order valence-electron chi connectivity index (χ0n) is 21.1. The topological polar surface area (TPSA) is 127 Å². The Morgan fingerprint density at radius 2 is 1.82 bits per heavy atom. The van der Waals surface area contributed by atoms with E-state index >= 15 is 0 Å². The van der Waals surface area contributed by atoms with Crippen LogP contribution in [0.5, 0.6) is 17.2 Å². The maximum absolute atomic E-state index is 12.8. The van der Waals surface area contributed by atoms with Gasteiger partial charge in [-0.15, -0.1) is 0 Å². The van der Waals surface area contributed by atoms with Crippen molar-refractivity contribution in [1.82, 2.24) is 10.6 Å². The van der Waals surface area contributed by atoms with E-state index in [2.05, 4.69) is 16.0 Å². The quantitative estimate of drug-likeness (QED) is 0.439. The Morgan fingerprint density at radius 3 is 2.66 bits per heavy atom. The highest BCUT2D eigenvalue weighted by Gasteiger charge is 2.46. The fourth-order valence-electron chi connectivity index (χ4n) is 5.92. The Kier molecular flexibility index (Phi) is 6.99. The normalized spacial score (nSPS) is 25.3. The number of amides is 3. The van der Waals surface area contributed by atoms with Gasteiger partial charge in [0.15, 0.2) is 11.5 Å². The fourth-order valence-corrected chi connectivity index (χ4v) is 5.92. The van der Waals surface area contributed by atoms with Crippen molar-refractivity contribution in [3.05, 3.63) is 47.5 Å². The van der Waals surface area contributed by atoms with Crippen molar-refractivity contribution in [3.63, 3.8) is 0 Å². The lowest BCUT2D eigenvalue weighted by molar-refractivity contribution is -0.142. The van der Waals surface area contributed by atoms with Gasteiger partial charge in [0.1, 0.15) is 18.0 Å². The van der Waals surface area contributed by atoms with Gasteiger partial charge < -0.3 is 40.0 Å². The molecule has 2 fully saturated rings. The number of hydrogen-bond acceptors (Lipinski definition) is 7. The number of carbonyl (C=O) groups excluding carboxylic acids is 2. The molecule has 0 aromatic heterocycles. The first-order valence-electron chi connectivity index (χ1n) is 13.4. The number of carbonyl (C=O) groups is 2. The van der Waals surface area contributed by atoms with Gasteiger partial charge in [0.05, 0.1) is 19.1 Å². The van der Waals surface area contributed by atoms with Gasteiger partial charge in [-0.3, -0.25) is 4.79 Å². The van der Waals surface area contributed by atoms with Crippen LogP contribution in [0, 0.1) is 0 Å². The summed E-state index contributed by atoms with van der Waals surface area (Å²) in [6.45, 7) is 0.358. The van der Waals surface area contributed by atoms with Crippen LogP contribution in [0.2, 0.25) is 0 Å². The van der Waals surface area contributed by atoms with Crippen molar-refractivity contribution in [1.29, 1.82) is 0 Å². The van der Waals surface area contributed by atoms with Crippen LogP contribution in [0.15, 0.2) is 36.4 Å². The standard InChI is InChI=1S/C28H33N3O7/c32-14-25-27-21(20-10-18(6-8-22(20)38-27)31-28(34)30-17-3-1-2-4-17)11-19(37-25)12-26(33)29-13-16-5-7-23-24(9-16)36-15-35-23/h5-10,17,19,21,25,27,32H,1-4,11-15H2,(H,29,33)(H2,30,31,34)/t19-,21+,25-,27-/m1/s1. The van der Waals surface area contributed by atoms with Gasteiger partial charge in [-0.1, -0.05) is 18.9 Å². The number of fused-ring (bicyclic) bond motifs is 4. The molecule has 0 spiro atoms. The second-order valence-corrected chi connectivity index (χ2v) is 10.4. The van der Waals surface area contributed by atoms with Gasteiger partial charge >= 0.3 is 6.03 Å². The highest BCUT2D eigenvalue weighted by Crippen LogP contribution is 2.47. The Hall–Kier alpha value is -3.50. The van der Waals surface area contributed by atoms with E-state index in [1.807, 2.05) is 36.4 Å². The number of aliphatic hydroxyl groups is 1. The van der Waals surface area contributed by atoms with Gasteiger partial charge in [-0.25, -0.2) is 4.79 Å². The van der Waals surface area contributed by atoms with E-state index in [9.17, 15) is 14.7 Å². The SMILES string of the molecule is O=C(C[C@H]1C[C@H]2c3cc(NC(=O)NC4CCCC4)ccc3O[C@H]2[C@@H](CO)O1)NCc1ccc2c(c1)OCO2. The summed E-state index contributed by atoms with van der Waals surface area (Å²) >= 11 is 0. The van der Waals surface area contributed by atoms with Crippen LogP contribution in [-0.2, 0) is 16.1 Å². The maximum atomic E-state index is 12.8. The van der Waals surface area contributed by atoms with Crippen LogP contribution in [0.4, 0.5) is 10.5 Å². The molecule has 1 aliphatic carbocycles. The summed E-state index contributed by atoms with van der Waals surface area (Å²) in [5.41, 5.74) is 2.56. The van der Waals surface area contributed by atoms with Crippen LogP contribution in [0.25, 0.3) is 0 Å². The fraction of sp³-hybridized carbons (Fsp3) is 0.500. The molecule has 2 aromatic carbocycles. The number of ether oxygens (including phenoxy) is 4. The Morgan fingerprint density at radius 1 is 1.00 bits per heavy atom.